The van der Waals surface area contributed by atoms with E-state index >= 15 is 0 Å². The Morgan fingerprint density at radius 3 is 1.90 bits per heavy atom. The molecule has 0 aromatic carbocycles. The number of hydrogen-bond donors (Lipinski definition) is 4. The third-order valence-corrected chi connectivity index (χ3v) is 10.7. The predicted octanol–water partition coefficient (Wildman–Crippen LogP) is 4.57. The number of ether oxygens (including phenoxy) is 2. The number of aliphatic carboxylic acids is 1. The van der Waals surface area contributed by atoms with E-state index in [9.17, 15) is 24.9 Å². The third kappa shape index (κ3) is 7.73. The lowest BCUT2D eigenvalue weighted by Gasteiger charge is -2.47. The maximum Gasteiger partial charge on any atom is 0.310 e. The fraction of sp³-hybridized carbons (Fsp3) is 0.933. The molecule has 4 N–H and O–H groups in total. The van der Waals surface area contributed by atoms with E-state index in [1.165, 1.54) is 0 Å². The lowest BCUT2D eigenvalue weighted by Crippen LogP contribution is -2.42. The van der Waals surface area contributed by atoms with Crippen molar-refractivity contribution in [3.8, 4) is 0 Å². The summed E-state index contributed by atoms with van der Waals surface area (Å²) in [6, 6.07) is 0. The molecule has 0 radical (unpaired) electrons. The molecule has 4 fully saturated rings. The number of carboxylic acid groups (broad SMARTS) is 1. The number of carbonyl (C=O) groups excluding carboxylic acids is 1. The first-order valence-corrected chi connectivity index (χ1v) is 15.3. The van der Waals surface area contributed by atoms with E-state index in [-0.39, 0.29) is 48.8 Å². The molecule has 0 bridgehead atoms. The molecule has 6 atom stereocenters. The molecular formula is C30H50O9. The molecule has 9 heteroatoms. The fourth-order valence-corrected chi connectivity index (χ4v) is 8.06. The summed E-state index contributed by atoms with van der Waals surface area (Å²) in [7, 11) is 0. The van der Waals surface area contributed by atoms with E-state index in [0.717, 1.165) is 64.2 Å². The van der Waals surface area contributed by atoms with Crippen LogP contribution in [0.3, 0.4) is 0 Å². The van der Waals surface area contributed by atoms with Gasteiger partial charge in [0.1, 0.15) is 6.10 Å². The van der Waals surface area contributed by atoms with Gasteiger partial charge in [-0.25, -0.2) is 4.89 Å². The highest BCUT2D eigenvalue weighted by Gasteiger charge is 2.44. The Hall–Kier alpha value is -1.26. The van der Waals surface area contributed by atoms with Crippen molar-refractivity contribution >= 4 is 11.9 Å². The van der Waals surface area contributed by atoms with Gasteiger partial charge < -0.3 is 24.8 Å². The topological polar surface area (TPSA) is 143 Å². The Morgan fingerprint density at radius 2 is 1.31 bits per heavy atom. The number of esters is 1. The van der Waals surface area contributed by atoms with Gasteiger partial charge in [-0.3, -0.25) is 14.8 Å². The van der Waals surface area contributed by atoms with Crippen LogP contribution in [0.15, 0.2) is 0 Å². The molecule has 4 aliphatic rings. The van der Waals surface area contributed by atoms with Gasteiger partial charge in [-0.2, -0.15) is 0 Å². The van der Waals surface area contributed by atoms with Gasteiger partial charge in [-0.15, -0.1) is 0 Å². The minimum atomic E-state index is -1.03. The van der Waals surface area contributed by atoms with Crippen LogP contribution in [0.25, 0.3) is 0 Å². The molecule has 0 aromatic heterocycles. The van der Waals surface area contributed by atoms with E-state index in [1.54, 1.807) is 0 Å². The molecule has 6 unspecified atom stereocenters. The van der Waals surface area contributed by atoms with Crippen LogP contribution in [-0.2, 0) is 24.0 Å². The Balaban J connectivity index is 1.22. The molecule has 4 aliphatic carbocycles. The van der Waals surface area contributed by atoms with Crippen molar-refractivity contribution in [2.75, 3.05) is 6.61 Å². The molecule has 0 aliphatic heterocycles. The number of hydrogen-bond acceptors (Lipinski definition) is 8. The van der Waals surface area contributed by atoms with Gasteiger partial charge in [0.2, 0.25) is 0 Å². The van der Waals surface area contributed by atoms with Gasteiger partial charge in [0, 0.05) is 5.92 Å². The number of aliphatic hydroxyl groups excluding tert-OH is 2. The highest BCUT2D eigenvalue weighted by atomic mass is 17.1. The van der Waals surface area contributed by atoms with Gasteiger partial charge in [0.25, 0.3) is 0 Å². The highest BCUT2D eigenvalue weighted by Crippen LogP contribution is 2.49. The quantitative estimate of drug-likeness (QED) is 0.183. The maximum absolute atomic E-state index is 12.8. The largest absolute Gasteiger partial charge is 0.481 e. The zero-order chi connectivity index (χ0) is 28.2. The minimum Gasteiger partial charge on any atom is -0.481 e. The average Bonchev–Trinajstić information content (AvgIpc) is 2.91. The smallest absolute Gasteiger partial charge is 0.310 e. The number of rotatable bonds is 9. The van der Waals surface area contributed by atoms with Gasteiger partial charge >= 0.3 is 11.9 Å². The first-order valence-electron chi connectivity index (χ1n) is 15.3. The zero-order valence-electron chi connectivity index (χ0n) is 23.7. The van der Waals surface area contributed by atoms with Gasteiger partial charge in [-0.1, -0.05) is 13.8 Å². The first-order chi connectivity index (χ1) is 18.6. The molecular weight excluding hydrogens is 504 g/mol. The number of carbonyl (C=O) groups is 2. The standard InChI is InChI=1S/C30H50O9/c1-30(2,19-3-9-23(10-4-19)38-27-14-8-21(31)15-18(27)17-37-36)20-5-11-24(12-6-20)39-29(35)25-13-7-22(32)16-26(25)28(33)34/h18-27,31-32,36H,3-17H2,1-2H3,(H,33,34). The summed E-state index contributed by atoms with van der Waals surface area (Å²) >= 11 is 0. The summed E-state index contributed by atoms with van der Waals surface area (Å²) in [4.78, 5) is 28.9. The SMILES string of the molecule is CC(C)(C1CCC(OC(=O)C2CCC(O)CC2C(=O)O)CC1)C1CCC(OC2CCC(O)CC2COO)CC1. The Kier molecular flexibility index (Phi) is 10.7. The fourth-order valence-electron chi connectivity index (χ4n) is 8.06. The molecule has 4 rings (SSSR count). The summed E-state index contributed by atoms with van der Waals surface area (Å²) in [6.45, 7) is 4.97. The molecule has 39 heavy (non-hydrogen) atoms. The van der Waals surface area contributed by atoms with E-state index in [0.29, 0.717) is 31.1 Å². The second kappa shape index (κ2) is 13.6. The molecule has 224 valence electrons. The molecule has 0 heterocycles. The molecule has 4 saturated carbocycles. The van der Waals surface area contributed by atoms with Crippen molar-refractivity contribution in [1.29, 1.82) is 0 Å². The van der Waals surface area contributed by atoms with Crippen molar-refractivity contribution < 1.29 is 44.5 Å². The highest BCUT2D eigenvalue weighted by molar-refractivity contribution is 5.81. The molecule has 0 spiro atoms. The predicted molar refractivity (Wildman–Crippen MR) is 143 cm³/mol. The van der Waals surface area contributed by atoms with Crippen molar-refractivity contribution in [2.45, 2.75) is 134 Å². The second-order valence-corrected chi connectivity index (χ2v) is 13.4. The van der Waals surface area contributed by atoms with Crippen molar-refractivity contribution in [1.82, 2.24) is 0 Å². The summed E-state index contributed by atoms with van der Waals surface area (Å²) in [5, 5.41) is 38.3. The van der Waals surface area contributed by atoms with Crippen LogP contribution in [0.1, 0.15) is 104 Å². The van der Waals surface area contributed by atoms with Crippen LogP contribution in [0.2, 0.25) is 0 Å². The maximum atomic E-state index is 12.8. The van der Waals surface area contributed by atoms with E-state index < -0.39 is 29.9 Å². The summed E-state index contributed by atoms with van der Waals surface area (Å²) in [5.74, 6) is -1.78. The monoisotopic (exact) mass is 554 g/mol. The normalized spacial score (nSPS) is 40.1. The number of aliphatic hydroxyl groups is 2. The third-order valence-electron chi connectivity index (χ3n) is 10.7. The Bertz CT molecular complexity index is 800. The van der Waals surface area contributed by atoms with Crippen LogP contribution in [0.5, 0.6) is 0 Å². The van der Waals surface area contributed by atoms with E-state index in [1.807, 2.05) is 0 Å². The molecule has 0 aromatic rings. The van der Waals surface area contributed by atoms with Crippen LogP contribution in [-0.4, -0.2) is 69.6 Å². The molecule has 9 nitrogen and oxygen atoms in total. The number of carboxylic acids is 1. The lowest BCUT2D eigenvalue weighted by molar-refractivity contribution is -0.263. The van der Waals surface area contributed by atoms with E-state index in [4.69, 9.17) is 14.7 Å². The van der Waals surface area contributed by atoms with Crippen LogP contribution in [0.4, 0.5) is 0 Å². The van der Waals surface area contributed by atoms with Gasteiger partial charge in [-0.05, 0) is 107 Å². The van der Waals surface area contributed by atoms with Crippen molar-refractivity contribution in [3.05, 3.63) is 0 Å². The summed E-state index contributed by atoms with van der Waals surface area (Å²) < 4.78 is 12.3. The summed E-state index contributed by atoms with van der Waals surface area (Å²) in [5.41, 5.74) is 0.177. The van der Waals surface area contributed by atoms with Crippen LogP contribution in [0, 0.1) is 35.0 Å². The van der Waals surface area contributed by atoms with E-state index in [2.05, 4.69) is 18.7 Å². The van der Waals surface area contributed by atoms with Gasteiger partial charge in [0.15, 0.2) is 0 Å². The first kappa shape index (κ1) is 30.7. The average molecular weight is 555 g/mol. The molecule has 0 amide bonds. The minimum absolute atomic E-state index is 0.0249. The van der Waals surface area contributed by atoms with Crippen LogP contribution < -0.4 is 0 Å². The molecule has 0 saturated heterocycles. The Morgan fingerprint density at radius 1 is 0.744 bits per heavy atom. The second-order valence-electron chi connectivity index (χ2n) is 13.4. The zero-order valence-corrected chi connectivity index (χ0v) is 23.7. The summed E-state index contributed by atoms with van der Waals surface area (Å²) in [6.07, 6.45) is 10.1. The van der Waals surface area contributed by atoms with Gasteiger partial charge in [0.05, 0.1) is 42.9 Å². The van der Waals surface area contributed by atoms with Crippen molar-refractivity contribution in [3.63, 3.8) is 0 Å². The van der Waals surface area contributed by atoms with Crippen LogP contribution >= 0.6 is 0 Å². The Labute approximate surface area is 232 Å². The van der Waals surface area contributed by atoms with Crippen molar-refractivity contribution in [2.24, 2.45) is 35.0 Å². The lowest BCUT2D eigenvalue weighted by atomic mass is 9.60.